The molecule has 1 aromatic carbocycles. The molecule has 1 heteroatoms. The van der Waals surface area contributed by atoms with Gasteiger partial charge in [-0.3, -0.25) is 0 Å². The van der Waals surface area contributed by atoms with E-state index in [0.29, 0.717) is 0 Å². The van der Waals surface area contributed by atoms with Gasteiger partial charge in [0.2, 0.25) is 0 Å². The highest BCUT2D eigenvalue weighted by molar-refractivity contribution is 14.1. The van der Waals surface area contributed by atoms with Gasteiger partial charge in [-0.15, -0.1) is 0 Å². The molecule has 0 spiro atoms. The summed E-state index contributed by atoms with van der Waals surface area (Å²) in [6.45, 7) is 5.95. The Morgan fingerprint density at radius 2 is 2.27 bits per heavy atom. The molecule has 0 atom stereocenters. The second-order valence-electron chi connectivity index (χ2n) is 2.37. The summed E-state index contributed by atoms with van der Waals surface area (Å²) in [5.74, 6) is 0. The summed E-state index contributed by atoms with van der Waals surface area (Å²) in [6, 6.07) is 6.30. The molecule has 58 valence electrons. The molecule has 0 N–H and O–H groups in total. The first-order chi connectivity index (χ1) is 5.29. The third kappa shape index (κ3) is 1.83. The molecule has 0 aliphatic carbocycles. The SMILES string of the molecule is C=Cc1cccc(I)c1CC. The minimum absolute atomic E-state index is 1.08. The van der Waals surface area contributed by atoms with E-state index >= 15 is 0 Å². The predicted octanol–water partition coefficient (Wildman–Crippen LogP) is 3.50. The van der Waals surface area contributed by atoms with E-state index in [0.717, 1.165) is 6.42 Å². The maximum atomic E-state index is 3.78. The molecule has 0 saturated heterocycles. The van der Waals surface area contributed by atoms with Crippen molar-refractivity contribution in [2.45, 2.75) is 13.3 Å². The first-order valence-electron chi connectivity index (χ1n) is 3.69. The number of halogens is 1. The average molecular weight is 258 g/mol. The van der Waals surface area contributed by atoms with E-state index in [9.17, 15) is 0 Å². The van der Waals surface area contributed by atoms with Crippen LogP contribution in [0.15, 0.2) is 24.8 Å². The maximum Gasteiger partial charge on any atom is 0.0168 e. The van der Waals surface area contributed by atoms with Gasteiger partial charge in [0.1, 0.15) is 0 Å². The second kappa shape index (κ2) is 3.90. The summed E-state index contributed by atoms with van der Waals surface area (Å²) in [5.41, 5.74) is 2.67. The van der Waals surface area contributed by atoms with Crippen molar-refractivity contribution in [3.05, 3.63) is 39.5 Å². The lowest BCUT2D eigenvalue weighted by Gasteiger charge is -2.04. The molecule has 1 rings (SSSR count). The monoisotopic (exact) mass is 258 g/mol. The molecular formula is C10H11I. The molecular weight excluding hydrogens is 247 g/mol. The van der Waals surface area contributed by atoms with Gasteiger partial charge in [-0.05, 0) is 46.2 Å². The molecule has 0 bridgehead atoms. The van der Waals surface area contributed by atoms with Gasteiger partial charge in [-0.1, -0.05) is 31.7 Å². The molecule has 0 nitrogen and oxygen atoms in total. The van der Waals surface area contributed by atoms with E-state index < -0.39 is 0 Å². The van der Waals surface area contributed by atoms with Crippen molar-refractivity contribution >= 4 is 28.7 Å². The van der Waals surface area contributed by atoms with Gasteiger partial charge in [0.05, 0.1) is 0 Å². The first-order valence-corrected chi connectivity index (χ1v) is 4.77. The minimum atomic E-state index is 1.08. The Bertz CT molecular complexity index is 264. The Balaban J connectivity index is 3.23. The predicted molar refractivity (Wildman–Crippen MR) is 58.6 cm³/mol. The van der Waals surface area contributed by atoms with E-state index in [1.54, 1.807) is 0 Å². The van der Waals surface area contributed by atoms with E-state index in [2.05, 4.69) is 54.3 Å². The largest absolute Gasteiger partial charge is 0.0985 e. The molecule has 0 radical (unpaired) electrons. The van der Waals surface area contributed by atoms with Gasteiger partial charge < -0.3 is 0 Å². The normalized spacial score (nSPS) is 9.64. The van der Waals surface area contributed by atoms with E-state index in [4.69, 9.17) is 0 Å². The Labute approximate surface area is 81.5 Å². The van der Waals surface area contributed by atoms with Crippen LogP contribution in [-0.4, -0.2) is 0 Å². The van der Waals surface area contributed by atoms with Crippen LogP contribution in [-0.2, 0) is 6.42 Å². The minimum Gasteiger partial charge on any atom is -0.0985 e. The van der Waals surface area contributed by atoms with Gasteiger partial charge in [-0.25, -0.2) is 0 Å². The lowest BCUT2D eigenvalue weighted by Crippen LogP contribution is -1.89. The summed E-state index contributed by atoms with van der Waals surface area (Å²) in [5, 5.41) is 0. The number of hydrogen-bond donors (Lipinski definition) is 0. The molecule has 0 aromatic heterocycles. The van der Waals surface area contributed by atoms with Crippen LogP contribution in [0.5, 0.6) is 0 Å². The van der Waals surface area contributed by atoms with E-state index in [-0.39, 0.29) is 0 Å². The van der Waals surface area contributed by atoms with Crippen molar-refractivity contribution in [2.75, 3.05) is 0 Å². The summed E-state index contributed by atoms with van der Waals surface area (Å²) in [6.07, 6.45) is 3.00. The number of benzene rings is 1. The molecule has 0 heterocycles. The lowest BCUT2D eigenvalue weighted by molar-refractivity contribution is 1.12. The molecule has 0 aliphatic rings. The Hall–Kier alpha value is -0.310. The quantitative estimate of drug-likeness (QED) is 0.712. The van der Waals surface area contributed by atoms with Gasteiger partial charge in [0, 0.05) is 3.57 Å². The Kier molecular flexibility index (Phi) is 3.12. The third-order valence-corrected chi connectivity index (χ3v) is 2.74. The van der Waals surface area contributed by atoms with Crippen LogP contribution in [0.25, 0.3) is 6.08 Å². The molecule has 1 aromatic rings. The van der Waals surface area contributed by atoms with Crippen LogP contribution >= 0.6 is 22.6 Å². The summed E-state index contributed by atoms with van der Waals surface area (Å²) >= 11 is 2.36. The van der Waals surface area contributed by atoms with Gasteiger partial charge in [-0.2, -0.15) is 0 Å². The first kappa shape index (κ1) is 8.78. The van der Waals surface area contributed by atoms with Crippen LogP contribution in [0.3, 0.4) is 0 Å². The highest BCUT2D eigenvalue weighted by Gasteiger charge is 1.99. The fourth-order valence-electron chi connectivity index (χ4n) is 1.14. The maximum absolute atomic E-state index is 3.78. The molecule has 11 heavy (non-hydrogen) atoms. The van der Waals surface area contributed by atoms with Crippen LogP contribution < -0.4 is 0 Å². The molecule has 0 amide bonds. The zero-order chi connectivity index (χ0) is 8.27. The highest BCUT2D eigenvalue weighted by atomic mass is 127. The zero-order valence-corrected chi connectivity index (χ0v) is 8.76. The van der Waals surface area contributed by atoms with E-state index in [1.165, 1.54) is 14.7 Å². The Morgan fingerprint density at radius 1 is 1.55 bits per heavy atom. The summed E-state index contributed by atoms with van der Waals surface area (Å²) in [4.78, 5) is 0. The topological polar surface area (TPSA) is 0 Å². The van der Waals surface area contributed by atoms with Crippen molar-refractivity contribution in [1.29, 1.82) is 0 Å². The summed E-state index contributed by atoms with van der Waals surface area (Å²) < 4.78 is 1.34. The standard InChI is InChI=1S/C10H11I/c1-3-8-6-5-7-10(11)9(8)4-2/h3,5-7H,1,4H2,2H3. The average Bonchev–Trinajstić information content (AvgIpc) is 2.04. The van der Waals surface area contributed by atoms with Gasteiger partial charge in [0.25, 0.3) is 0 Å². The van der Waals surface area contributed by atoms with Crippen LogP contribution in [0.2, 0.25) is 0 Å². The van der Waals surface area contributed by atoms with Crippen LogP contribution in [0, 0.1) is 3.57 Å². The van der Waals surface area contributed by atoms with E-state index in [1.807, 2.05) is 6.08 Å². The Morgan fingerprint density at radius 3 is 2.73 bits per heavy atom. The fraction of sp³-hybridized carbons (Fsp3) is 0.200. The van der Waals surface area contributed by atoms with Crippen molar-refractivity contribution in [1.82, 2.24) is 0 Å². The van der Waals surface area contributed by atoms with Crippen LogP contribution in [0.4, 0.5) is 0 Å². The second-order valence-corrected chi connectivity index (χ2v) is 3.53. The molecule has 0 fully saturated rings. The lowest BCUT2D eigenvalue weighted by atomic mass is 10.1. The third-order valence-electron chi connectivity index (χ3n) is 1.73. The number of hydrogen-bond acceptors (Lipinski definition) is 0. The van der Waals surface area contributed by atoms with Crippen LogP contribution in [0.1, 0.15) is 18.1 Å². The van der Waals surface area contributed by atoms with Crippen molar-refractivity contribution in [3.63, 3.8) is 0 Å². The highest BCUT2D eigenvalue weighted by Crippen LogP contribution is 2.18. The zero-order valence-electron chi connectivity index (χ0n) is 6.60. The van der Waals surface area contributed by atoms with Gasteiger partial charge >= 0.3 is 0 Å². The molecule has 0 saturated carbocycles. The van der Waals surface area contributed by atoms with Gasteiger partial charge in [0.15, 0.2) is 0 Å². The van der Waals surface area contributed by atoms with Crippen molar-refractivity contribution in [3.8, 4) is 0 Å². The van der Waals surface area contributed by atoms with Crippen molar-refractivity contribution < 1.29 is 0 Å². The summed E-state index contributed by atoms with van der Waals surface area (Å²) in [7, 11) is 0. The smallest absolute Gasteiger partial charge is 0.0168 e. The fourth-order valence-corrected chi connectivity index (χ4v) is 2.04. The van der Waals surface area contributed by atoms with Crippen molar-refractivity contribution in [2.24, 2.45) is 0 Å². The number of rotatable bonds is 2. The molecule has 0 unspecified atom stereocenters. The molecule has 0 aliphatic heterocycles.